The summed E-state index contributed by atoms with van der Waals surface area (Å²) in [6.45, 7) is 8.30. The Kier molecular flexibility index (Phi) is 9.40. The third kappa shape index (κ3) is 6.42. The van der Waals surface area contributed by atoms with Gasteiger partial charge >= 0.3 is 0 Å². The molecule has 0 N–H and O–H groups in total. The predicted molar refractivity (Wildman–Crippen MR) is 150 cm³/mol. The smallest absolute Gasteiger partial charge is 0.254 e. The number of carbonyl (C=O) groups is 2. The van der Waals surface area contributed by atoms with Gasteiger partial charge in [0.2, 0.25) is 5.91 Å². The average molecular weight is 519 g/mol. The lowest BCUT2D eigenvalue weighted by atomic mass is 9.90. The number of thiophene rings is 1. The van der Waals surface area contributed by atoms with E-state index in [4.69, 9.17) is 4.74 Å². The van der Waals surface area contributed by atoms with Crippen LogP contribution in [0.15, 0.2) is 60.0 Å². The van der Waals surface area contributed by atoms with Crippen molar-refractivity contribution in [1.82, 2.24) is 9.80 Å². The van der Waals surface area contributed by atoms with Crippen LogP contribution in [-0.4, -0.2) is 47.9 Å². The molecule has 5 nitrogen and oxygen atoms in total. The number of fused-ring (bicyclic) bond motifs is 1. The highest BCUT2D eigenvalue weighted by Gasteiger charge is 2.34. The monoisotopic (exact) mass is 518 g/mol. The van der Waals surface area contributed by atoms with E-state index < -0.39 is 0 Å². The number of hydrogen-bond acceptors (Lipinski definition) is 4. The van der Waals surface area contributed by atoms with Gasteiger partial charge in [-0.25, -0.2) is 0 Å². The molecule has 1 aliphatic heterocycles. The fourth-order valence-electron chi connectivity index (χ4n) is 4.88. The van der Waals surface area contributed by atoms with Gasteiger partial charge in [0.1, 0.15) is 12.3 Å². The van der Waals surface area contributed by atoms with E-state index in [1.807, 2.05) is 41.3 Å². The lowest BCUT2D eigenvalue weighted by molar-refractivity contribution is -0.134. The first kappa shape index (κ1) is 26.9. The molecule has 1 atom stereocenters. The third-order valence-corrected chi connectivity index (χ3v) is 8.03. The van der Waals surface area contributed by atoms with E-state index in [9.17, 15) is 9.59 Å². The number of rotatable bonds is 11. The number of amides is 2. The Balaban J connectivity index is 1.54. The summed E-state index contributed by atoms with van der Waals surface area (Å²) in [5, 5.41) is 2.12. The van der Waals surface area contributed by atoms with Gasteiger partial charge in [-0.3, -0.25) is 9.59 Å². The molecule has 2 amide bonds. The Morgan fingerprint density at radius 1 is 1.00 bits per heavy atom. The predicted octanol–water partition coefficient (Wildman–Crippen LogP) is 6.65. The number of unbranched alkanes of at least 4 members (excludes halogenated alkanes) is 2. The van der Waals surface area contributed by atoms with Gasteiger partial charge in [0.15, 0.2) is 0 Å². The second-order valence-electron chi connectivity index (χ2n) is 9.70. The van der Waals surface area contributed by atoms with Crippen molar-refractivity contribution in [3.8, 4) is 5.75 Å². The minimum atomic E-state index is -0.119. The molecule has 37 heavy (non-hydrogen) atoms. The minimum Gasteiger partial charge on any atom is -0.494 e. The Labute approximate surface area is 225 Å². The Morgan fingerprint density at radius 2 is 1.76 bits per heavy atom. The SMILES string of the molecule is CCCCOc1ccc(C(=O)N(CCCC)CC(=O)N2CCc3sccc3C2c2ccccc2C)cc1. The van der Waals surface area contributed by atoms with Gasteiger partial charge in [-0.15, -0.1) is 11.3 Å². The van der Waals surface area contributed by atoms with Crippen LogP contribution in [-0.2, 0) is 11.2 Å². The van der Waals surface area contributed by atoms with Crippen molar-refractivity contribution < 1.29 is 14.3 Å². The maximum Gasteiger partial charge on any atom is 0.254 e. The molecule has 0 spiro atoms. The van der Waals surface area contributed by atoms with E-state index in [1.165, 1.54) is 16.0 Å². The van der Waals surface area contributed by atoms with Crippen molar-refractivity contribution in [3.63, 3.8) is 0 Å². The van der Waals surface area contributed by atoms with Crippen LogP contribution in [0, 0.1) is 6.92 Å². The number of aryl methyl sites for hydroxylation is 1. The number of ether oxygens (including phenoxy) is 1. The van der Waals surface area contributed by atoms with Crippen molar-refractivity contribution in [2.24, 2.45) is 0 Å². The van der Waals surface area contributed by atoms with E-state index >= 15 is 0 Å². The number of benzene rings is 2. The molecule has 0 bridgehead atoms. The van der Waals surface area contributed by atoms with Gasteiger partial charge in [0, 0.05) is 23.5 Å². The standard InChI is InChI=1S/C31H38N2O3S/c1-4-6-18-32(31(35)24-12-14-25(15-13-24)36-20-7-5-2)22-29(34)33-19-16-28-27(17-21-37-28)30(33)26-11-9-8-10-23(26)3/h8-15,17,21,30H,4-7,16,18-20,22H2,1-3H3. The van der Waals surface area contributed by atoms with Crippen LogP contribution >= 0.6 is 11.3 Å². The molecule has 0 saturated carbocycles. The molecule has 1 aromatic heterocycles. The van der Waals surface area contributed by atoms with Gasteiger partial charge in [0.05, 0.1) is 12.6 Å². The van der Waals surface area contributed by atoms with E-state index in [0.717, 1.165) is 43.4 Å². The molecule has 2 aromatic carbocycles. The summed E-state index contributed by atoms with van der Waals surface area (Å²) in [6, 6.07) is 17.6. The largest absolute Gasteiger partial charge is 0.494 e. The first-order valence-electron chi connectivity index (χ1n) is 13.5. The molecule has 4 rings (SSSR count). The van der Waals surface area contributed by atoms with Crippen LogP contribution in [0.5, 0.6) is 5.75 Å². The summed E-state index contributed by atoms with van der Waals surface area (Å²) in [5.74, 6) is 0.652. The zero-order valence-electron chi connectivity index (χ0n) is 22.2. The average Bonchev–Trinajstić information content (AvgIpc) is 3.40. The second-order valence-corrected chi connectivity index (χ2v) is 10.7. The van der Waals surface area contributed by atoms with Crippen molar-refractivity contribution in [2.45, 2.75) is 58.9 Å². The van der Waals surface area contributed by atoms with Crippen LogP contribution in [0.1, 0.15) is 77.5 Å². The van der Waals surface area contributed by atoms with E-state index in [0.29, 0.717) is 25.3 Å². The second kappa shape index (κ2) is 12.9. The van der Waals surface area contributed by atoms with E-state index in [1.54, 1.807) is 16.2 Å². The van der Waals surface area contributed by atoms with Crippen LogP contribution in [0.25, 0.3) is 0 Å². The molecule has 1 aliphatic rings. The van der Waals surface area contributed by atoms with Crippen LogP contribution < -0.4 is 4.74 Å². The molecule has 0 aliphatic carbocycles. The van der Waals surface area contributed by atoms with Crippen molar-refractivity contribution in [3.05, 3.63) is 87.1 Å². The highest BCUT2D eigenvalue weighted by atomic mass is 32.1. The Bertz CT molecular complexity index is 1190. The van der Waals surface area contributed by atoms with Gasteiger partial charge in [-0.2, -0.15) is 0 Å². The lowest BCUT2D eigenvalue weighted by Crippen LogP contribution is -2.47. The molecule has 3 aromatic rings. The summed E-state index contributed by atoms with van der Waals surface area (Å²) in [6.07, 6.45) is 4.74. The fourth-order valence-corrected chi connectivity index (χ4v) is 5.78. The lowest BCUT2D eigenvalue weighted by Gasteiger charge is -2.38. The topological polar surface area (TPSA) is 49.9 Å². The van der Waals surface area contributed by atoms with Crippen LogP contribution in [0.4, 0.5) is 0 Å². The quantitative estimate of drug-likeness (QED) is 0.267. The first-order chi connectivity index (χ1) is 18.0. The maximum absolute atomic E-state index is 13.9. The molecular formula is C31H38N2O3S. The normalized spacial score (nSPS) is 14.8. The van der Waals surface area contributed by atoms with Crippen LogP contribution in [0.2, 0.25) is 0 Å². The Morgan fingerprint density at radius 3 is 2.49 bits per heavy atom. The molecular weight excluding hydrogens is 480 g/mol. The first-order valence-corrected chi connectivity index (χ1v) is 14.3. The van der Waals surface area contributed by atoms with E-state index in [-0.39, 0.29) is 24.4 Å². The molecule has 6 heteroatoms. The van der Waals surface area contributed by atoms with Gasteiger partial charge in [0.25, 0.3) is 5.91 Å². The van der Waals surface area contributed by atoms with Crippen molar-refractivity contribution in [2.75, 3.05) is 26.2 Å². The zero-order chi connectivity index (χ0) is 26.2. The van der Waals surface area contributed by atoms with Gasteiger partial charge in [-0.05, 0) is 78.6 Å². The summed E-state index contributed by atoms with van der Waals surface area (Å²) < 4.78 is 5.75. The van der Waals surface area contributed by atoms with Crippen molar-refractivity contribution >= 4 is 23.2 Å². The van der Waals surface area contributed by atoms with E-state index in [2.05, 4.69) is 44.4 Å². The molecule has 0 saturated heterocycles. The maximum atomic E-state index is 13.9. The highest BCUT2D eigenvalue weighted by molar-refractivity contribution is 7.10. The van der Waals surface area contributed by atoms with Gasteiger partial charge < -0.3 is 14.5 Å². The molecule has 196 valence electrons. The molecule has 0 fully saturated rings. The summed E-state index contributed by atoms with van der Waals surface area (Å²) >= 11 is 1.76. The third-order valence-electron chi connectivity index (χ3n) is 7.03. The number of nitrogens with zero attached hydrogens (tertiary/aromatic N) is 2. The molecule has 1 unspecified atom stereocenters. The van der Waals surface area contributed by atoms with Crippen LogP contribution in [0.3, 0.4) is 0 Å². The number of hydrogen-bond donors (Lipinski definition) is 0. The summed E-state index contributed by atoms with van der Waals surface area (Å²) in [7, 11) is 0. The summed E-state index contributed by atoms with van der Waals surface area (Å²) in [5.41, 5.74) is 4.12. The molecule has 2 heterocycles. The minimum absolute atomic E-state index is 0.00549. The summed E-state index contributed by atoms with van der Waals surface area (Å²) in [4.78, 5) is 32.4. The number of carbonyl (C=O) groups excluding carboxylic acids is 2. The fraction of sp³-hybridized carbons (Fsp3) is 0.419. The zero-order valence-corrected chi connectivity index (χ0v) is 23.1. The van der Waals surface area contributed by atoms with Crippen molar-refractivity contribution in [1.29, 1.82) is 0 Å². The van der Waals surface area contributed by atoms with Gasteiger partial charge in [-0.1, -0.05) is 51.0 Å². The highest BCUT2D eigenvalue weighted by Crippen LogP contribution is 2.39. The molecule has 0 radical (unpaired) electrons. The Hall–Kier alpha value is -3.12.